The number of carboxylic acids is 3. The number of hydrogen-bond donors (Lipinski definition) is 3. The van der Waals surface area contributed by atoms with Crippen LogP contribution in [0.2, 0.25) is 18.1 Å². The van der Waals surface area contributed by atoms with Gasteiger partial charge in [-0.1, -0.05) is 5.70 Å². The largest absolute Gasteiger partial charge is 0.481 e. The van der Waals surface area contributed by atoms with Crippen molar-refractivity contribution in [2.45, 2.75) is 18.1 Å². The Morgan fingerprint density at radius 2 is 1.20 bits per heavy atom. The fraction of sp³-hybridized carbons (Fsp3) is 0.375. The van der Waals surface area contributed by atoms with Crippen molar-refractivity contribution in [1.82, 2.24) is 0 Å². The van der Waals surface area contributed by atoms with E-state index in [4.69, 9.17) is 15.3 Å². The van der Waals surface area contributed by atoms with E-state index in [-0.39, 0.29) is 0 Å². The first-order valence-corrected chi connectivity index (χ1v) is 6.80. The molecular weight excluding hydrogens is 220 g/mol. The van der Waals surface area contributed by atoms with Crippen molar-refractivity contribution in [3.8, 4) is 0 Å². The van der Waals surface area contributed by atoms with Gasteiger partial charge in [0.15, 0.2) is 0 Å². The Kier molecular flexibility index (Phi) is 4.72. The highest BCUT2D eigenvalue weighted by molar-refractivity contribution is 6.90. The van der Waals surface area contributed by atoms with E-state index in [1.54, 1.807) is 0 Å². The summed E-state index contributed by atoms with van der Waals surface area (Å²) in [5.74, 6) is -3.57. The average Bonchev–Trinajstić information content (AvgIpc) is 1.99. The van der Waals surface area contributed by atoms with Crippen molar-refractivity contribution in [3.05, 3.63) is 12.3 Å². The Hall–Kier alpha value is -1.63. The zero-order chi connectivity index (χ0) is 12.1. The third-order valence-electron chi connectivity index (χ3n) is 1.94. The number of carbonyl (C=O) groups is 3. The van der Waals surface area contributed by atoms with Crippen LogP contribution >= 0.6 is 0 Å². The van der Waals surface area contributed by atoms with Crippen LogP contribution < -0.4 is 0 Å². The normalized spacial score (nSPS) is 10.7. The molecule has 0 aromatic heterocycles. The topological polar surface area (TPSA) is 112 Å². The minimum atomic E-state index is -2.99. The van der Waals surface area contributed by atoms with Gasteiger partial charge in [0.2, 0.25) is 0 Å². The molecule has 0 fully saturated rings. The van der Waals surface area contributed by atoms with Gasteiger partial charge >= 0.3 is 17.9 Å². The van der Waals surface area contributed by atoms with Gasteiger partial charge in [-0.05, 0) is 0 Å². The molecule has 0 aliphatic rings. The maximum atomic E-state index is 10.5. The summed E-state index contributed by atoms with van der Waals surface area (Å²) in [7, 11) is -2.99. The Labute approximate surface area is 86.9 Å². The highest BCUT2D eigenvalue weighted by Crippen LogP contribution is 2.22. The minimum Gasteiger partial charge on any atom is -0.481 e. The van der Waals surface area contributed by atoms with E-state index in [1.165, 1.54) is 5.70 Å². The van der Waals surface area contributed by atoms with Crippen LogP contribution in [0.4, 0.5) is 0 Å². The van der Waals surface area contributed by atoms with Crippen LogP contribution in [0.3, 0.4) is 0 Å². The smallest absolute Gasteiger partial charge is 0.300 e. The molecule has 0 aliphatic heterocycles. The summed E-state index contributed by atoms with van der Waals surface area (Å²) in [5, 5.41) is 25.8. The molecule has 7 heteroatoms. The molecule has 84 valence electrons. The Bertz CT molecular complexity index is 257. The summed E-state index contributed by atoms with van der Waals surface area (Å²) in [4.78, 5) is 31.6. The van der Waals surface area contributed by atoms with Crippen molar-refractivity contribution in [2.75, 3.05) is 0 Å². The highest BCUT2D eigenvalue weighted by atomic mass is 28.3. The van der Waals surface area contributed by atoms with Crippen molar-refractivity contribution >= 4 is 26.0 Å². The standard InChI is InChI=1S/C8H12O6Si/c1-2-15(3-6(9)10,4-7(11)12)5-8(13)14/h2H,1,3-5H2,(H,9,10)(H,11,12)(H,13,14). The molecule has 3 N–H and O–H groups in total. The SMILES string of the molecule is C=C[Si](CC(=O)O)(CC(=O)O)CC(=O)O. The zero-order valence-corrected chi connectivity index (χ0v) is 8.97. The average molecular weight is 232 g/mol. The van der Waals surface area contributed by atoms with Crippen molar-refractivity contribution in [1.29, 1.82) is 0 Å². The van der Waals surface area contributed by atoms with E-state index >= 15 is 0 Å². The molecule has 6 nitrogen and oxygen atoms in total. The van der Waals surface area contributed by atoms with Gasteiger partial charge in [-0.3, -0.25) is 14.4 Å². The van der Waals surface area contributed by atoms with Gasteiger partial charge in [0.05, 0.1) is 0 Å². The van der Waals surface area contributed by atoms with Crippen LogP contribution in [0.25, 0.3) is 0 Å². The maximum absolute atomic E-state index is 10.5. The number of rotatable bonds is 7. The maximum Gasteiger partial charge on any atom is 0.300 e. The molecule has 0 radical (unpaired) electrons. The molecule has 0 amide bonds. The third kappa shape index (κ3) is 4.96. The molecule has 0 heterocycles. The van der Waals surface area contributed by atoms with Gasteiger partial charge in [-0.15, -0.1) is 6.58 Å². The Balaban J connectivity index is 4.90. The van der Waals surface area contributed by atoms with Gasteiger partial charge in [0, 0.05) is 18.1 Å². The first kappa shape index (κ1) is 13.4. The number of hydrogen-bond acceptors (Lipinski definition) is 3. The molecule has 0 aliphatic carbocycles. The molecule has 0 atom stereocenters. The van der Waals surface area contributed by atoms with E-state index in [0.717, 1.165) is 0 Å². The molecule has 0 aromatic carbocycles. The summed E-state index contributed by atoms with van der Waals surface area (Å²) in [6.07, 6.45) is 0. The van der Waals surface area contributed by atoms with Crippen LogP contribution in [0, 0.1) is 0 Å². The van der Waals surface area contributed by atoms with Gasteiger partial charge < -0.3 is 15.3 Å². The van der Waals surface area contributed by atoms with Crippen molar-refractivity contribution < 1.29 is 29.7 Å². The summed E-state index contributed by atoms with van der Waals surface area (Å²) < 4.78 is 0. The lowest BCUT2D eigenvalue weighted by molar-refractivity contribution is -0.134. The Morgan fingerprint density at radius 1 is 0.933 bits per heavy atom. The van der Waals surface area contributed by atoms with Crippen LogP contribution in [0.5, 0.6) is 0 Å². The van der Waals surface area contributed by atoms with Gasteiger partial charge in [0.25, 0.3) is 0 Å². The lowest BCUT2D eigenvalue weighted by Gasteiger charge is -2.22. The second kappa shape index (κ2) is 5.30. The van der Waals surface area contributed by atoms with E-state index < -0.39 is 44.1 Å². The van der Waals surface area contributed by atoms with Crippen LogP contribution in [0.15, 0.2) is 12.3 Å². The summed E-state index contributed by atoms with van der Waals surface area (Å²) in [6, 6.07) is -1.26. The quantitative estimate of drug-likeness (QED) is 0.548. The predicted octanol–water partition coefficient (Wildman–Crippen LogP) is 0.414. The fourth-order valence-electron chi connectivity index (χ4n) is 1.31. The third-order valence-corrected chi connectivity index (χ3v) is 5.83. The van der Waals surface area contributed by atoms with Crippen LogP contribution in [-0.2, 0) is 14.4 Å². The molecule has 0 bridgehead atoms. The van der Waals surface area contributed by atoms with E-state index in [1.807, 2.05) is 0 Å². The Morgan fingerprint density at radius 3 is 1.33 bits per heavy atom. The van der Waals surface area contributed by atoms with Gasteiger partial charge in [0.1, 0.15) is 8.07 Å². The second-order valence-corrected chi connectivity index (χ2v) is 7.47. The molecule has 0 saturated heterocycles. The minimum absolute atomic E-state index is 0.422. The predicted molar refractivity (Wildman–Crippen MR) is 53.3 cm³/mol. The van der Waals surface area contributed by atoms with Crippen LogP contribution in [-0.4, -0.2) is 41.3 Å². The van der Waals surface area contributed by atoms with Gasteiger partial charge in [-0.25, -0.2) is 0 Å². The lowest BCUT2D eigenvalue weighted by atomic mass is 10.8. The highest BCUT2D eigenvalue weighted by Gasteiger charge is 2.37. The van der Waals surface area contributed by atoms with Gasteiger partial charge in [-0.2, -0.15) is 0 Å². The molecule has 0 saturated carbocycles. The first-order valence-electron chi connectivity index (χ1n) is 4.10. The molecular formula is C8H12O6Si. The monoisotopic (exact) mass is 232 g/mol. The van der Waals surface area contributed by atoms with E-state index in [2.05, 4.69) is 6.58 Å². The second-order valence-electron chi connectivity index (χ2n) is 3.28. The van der Waals surface area contributed by atoms with Crippen LogP contribution in [0.1, 0.15) is 0 Å². The number of aliphatic carboxylic acids is 3. The molecule has 0 unspecified atom stereocenters. The summed E-state index contributed by atoms with van der Waals surface area (Å²) in [5.41, 5.74) is 1.23. The van der Waals surface area contributed by atoms with E-state index in [9.17, 15) is 14.4 Å². The summed E-state index contributed by atoms with van der Waals surface area (Å²) in [6.45, 7) is 3.36. The molecule has 0 spiro atoms. The number of carboxylic acid groups (broad SMARTS) is 3. The first-order chi connectivity index (χ1) is 6.81. The van der Waals surface area contributed by atoms with Crippen molar-refractivity contribution in [3.63, 3.8) is 0 Å². The van der Waals surface area contributed by atoms with Crippen molar-refractivity contribution in [2.24, 2.45) is 0 Å². The fourth-order valence-corrected chi connectivity index (χ4v) is 3.92. The zero-order valence-electron chi connectivity index (χ0n) is 7.97. The molecule has 0 aromatic rings. The van der Waals surface area contributed by atoms with E-state index in [0.29, 0.717) is 0 Å². The lowest BCUT2D eigenvalue weighted by Crippen LogP contribution is -2.39. The molecule has 15 heavy (non-hydrogen) atoms. The molecule has 0 rings (SSSR count). The summed E-state index contributed by atoms with van der Waals surface area (Å²) >= 11 is 0.